The molecule has 0 spiro atoms. The van der Waals surface area contributed by atoms with Gasteiger partial charge in [-0.05, 0) is 62.1 Å². The standard InChI is InChI=1S/C22H22N6/c1-14-3-10-19-20(11-14)23-13-24-22(19)25-15(2)16-6-8-18(9-7-16)28-12-21(26-27-28)17-4-5-17/h3,6-13,15,17H,4-5H2,1-2H3,(H,23,24,25). The fourth-order valence-electron chi connectivity index (χ4n) is 3.46. The molecular weight excluding hydrogens is 348 g/mol. The van der Waals surface area contributed by atoms with Gasteiger partial charge in [-0.1, -0.05) is 23.4 Å². The maximum atomic E-state index is 4.45. The van der Waals surface area contributed by atoms with Crippen LogP contribution in [0.5, 0.6) is 0 Å². The average Bonchev–Trinajstić information content (AvgIpc) is 3.45. The SMILES string of the molecule is Cc1ccc2c(NC(C)c3ccc(-n4cc(C5CC5)nn4)cc3)ncnc2c1. The van der Waals surface area contributed by atoms with Gasteiger partial charge in [0.1, 0.15) is 12.1 Å². The fraction of sp³-hybridized carbons (Fsp3) is 0.273. The van der Waals surface area contributed by atoms with E-state index in [1.54, 1.807) is 6.33 Å². The first kappa shape index (κ1) is 16.9. The number of benzene rings is 2. The normalized spacial score (nSPS) is 14.9. The van der Waals surface area contributed by atoms with Crippen LogP contribution in [0.25, 0.3) is 16.6 Å². The van der Waals surface area contributed by atoms with E-state index in [0.717, 1.165) is 28.1 Å². The summed E-state index contributed by atoms with van der Waals surface area (Å²) in [6, 6.07) is 14.8. The largest absolute Gasteiger partial charge is 0.363 e. The molecule has 0 radical (unpaired) electrons. The van der Waals surface area contributed by atoms with Crippen LogP contribution in [-0.2, 0) is 0 Å². The van der Waals surface area contributed by atoms with Crippen molar-refractivity contribution in [3.05, 3.63) is 71.8 Å². The Labute approximate surface area is 163 Å². The maximum Gasteiger partial charge on any atom is 0.137 e. The second kappa shape index (κ2) is 6.71. The van der Waals surface area contributed by atoms with E-state index in [9.17, 15) is 0 Å². The van der Waals surface area contributed by atoms with Crippen molar-refractivity contribution < 1.29 is 0 Å². The van der Waals surface area contributed by atoms with Crippen molar-refractivity contribution in [3.8, 4) is 5.69 Å². The molecule has 1 N–H and O–H groups in total. The first-order valence-corrected chi connectivity index (χ1v) is 9.68. The number of hydrogen-bond acceptors (Lipinski definition) is 5. The van der Waals surface area contributed by atoms with E-state index < -0.39 is 0 Å². The second-order valence-electron chi connectivity index (χ2n) is 7.56. The van der Waals surface area contributed by atoms with E-state index in [2.05, 4.69) is 81.9 Å². The minimum absolute atomic E-state index is 0.117. The molecule has 0 saturated heterocycles. The summed E-state index contributed by atoms with van der Waals surface area (Å²) in [6.07, 6.45) is 6.13. The van der Waals surface area contributed by atoms with E-state index >= 15 is 0 Å². The number of fused-ring (bicyclic) bond motifs is 1. The van der Waals surface area contributed by atoms with E-state index in [0.29, 0.717) is 5.92 Å². The van der Waals surface area contributed by atoms with E-state index in [4.69, 9.17) is 0 Å². The lowest BCUT2D eigenvalue weighted by molar-refractivity contribution is 0.795. The zero-order valence-corrected chi connectivity index (χ0v) is 16.0. The Morgan fingerprint density at radius 3 is 2.68 bits per heavy atom. The Kier molecular flexibility index (Phi) is 4.04. The lowest BCUT2D eigenvalue weighted by Gasteiger charge is -2.16. The highest BCUT2D eigenvalue weighted by Gasteiger charge is 2.26. The van der Waals surface area contributed by atoms with Crippen molar-refractivity contribution in [2.45, 2.75) is 38.6 Å². The summed E-state index contributed by atoms with van der Waals surface area (Å²) in [5.74, 6) is 1.47. The highest BCUT2D eigenvalue weighted by atomic mass is 15.4. The predicted molar refractivity (Wildman–Crippen MR) is 110 cm³/mol. The summed E-state index contributed by atoms with van der Waals surface area (Å²) >= 11 is 0. The van der Waals surface area contributed by atoms with Crippen LogP contribution in [0.4, 0.5) is 5.82 Å². The smallest absolute Gasteiger partial charge is 0.137 e. The summed E-state index contributed by atoms with van der Waals surface area (Å²) in [7, 11) is 0. The van der Waals surface area contributed by atoms with Gasteiger partial charge in [0.05, 0.1) is 23.1 Å². The molecule has 6 nitrogen and oxygen atoms in total. The summed E-state index contributed by atoms with van der Waals surface area (Å²) in [4.78, 5) is 8.83. The Hall–Kier alpha value is -3.28. The fourth-order valence-corrected chi connectivity index (χ4v) is 3.46. The second-order valence-corrected chi connectivity index (χ2v) is 7.56. The molecule has 0 amide bonds. The number of hydrogen-bond donors (Lipinski definition) is 1. The summed E-state index contributed by atoms with van der Waals surface area (Å²) in [5, 5.41) is 13.1. The van der Waals surface area contributed by atoms with E-state index in [-0.39, 0.29) is 6.04 Å². The summed E-state index contributed by atoms with van der Waals surface area (Å²) in [6.45, 7) is 4.21. The van der Waals surface area contributed by atoms with Crippen LogP contribution in [0.15, 0.2) is 55.0 Å². The predicted octanol–water partition coefficient (Wildman–Crippen LogP) is 4.57. The average molecular weight is 370 g/mol. The quantitative estimate of drug-likeness (QED) is 0.557. The molecule has 4 aromatic rings. The molecule has 0 bridgehead atoms. The van der Waals surface area contributed by atoms with Crippen LogP contribution in [-0.4, -0.2) is 25.0 Å². The highest BCUT2D eigenvalue weighted by molar-refractivity contribution is 5.89. The van der Waals surface area contributed by atoms with Gasteiger partial charge in [-0.15, -0.1) is 5.10 Å². The van der Waals surface area contributed by atoms with Gasteiger partial charge in [0.2, 0.25) is 0 Å². The van der Waals surface area contributed by atoms with Gasteiger partial charge in [-0.25, -0.2) is 14.6 Å². The van der Waals surface area contributed by atoms with Gasteiger partial charge in [0.15, 0.2) is 0 Å². The number of nitrogens with one attached hydrogen (secondary N) is 1. The van der Waals surface area contributed by atoms with Crippen LogP contribution in [0, 0.1) is 6.92 Å². The van der Waals surface area contributed by atoms with E-state index in [1.165, 1.54) is 24.0 Å². The summed E-state index contributed by atoms with van der Waals surface area (Å²) < 4.78 is 1.86. The first-order chi connectivity index (χ1) is 13.7. The molecule has 2 aromatic heterocycles. The van der Waals surface area contributed by atoms with Gasteiger partial charge in [-0.2, -0.15) is 0 Å². The van der Waals surface area contributed by atoms with Gasteiger partial charge in [0.25, 0.3) is 0 Å². The topological polar surface area (TPSA) is 68.5 Å². The molecule has 1 aliphatic carbocycles. The minimum atomic E-state index is 0.117. The molecule has 1 unspecified atom stereocenters. The van der Waals surface area contributed by atoms with Crippen LogP contribution in [0.1, 0.15) is 48.5 Å². The molecule has 140 valence electrons. The molecule has 2 heterocycles. The van der Waals surface area contributed by atoms with Crippen molar-refractivity contribution in [2.75, 3.05) is 5.32 Å². The molecule has 1 atom stereocenters. The van der Waals surface area contributed by atoms with Crippen LogP contribution in [0.3, 0.4) is 0 Å². The lowest BCUT2D eigenvalue weighted by atomic mass is 10.1. The Balaban J connectivity index is 1.36. The third kappa shape index (κ3) is 3.22. The zero-order valence-electron chi connectivity index (χ0n) is 16.0. The first-order valence-electron chi connectivity index (χ1n) is 9.68. The van der Waals surface area contributed by atoms with Gasteiger partial charge >= 0.3 is 0 Å². The molecule has 0 aliphatic heterocycles. The maximum absolute atomic E-state index is 4.45. The molecule has 1 fully saturated rings. The highest BCUT2D eigenvalue weighted by Crippen LogP contribution is 2.38. The molecule has 1 saturated carbocycles. The zero-order chi connectivity index (χ0) is 19.1. The third-order valence-corrected chi connectivity index (χ3v) is 5.31. The van der Waals surface area contributed by atoms with Crippen LogP contribution in [0.2, 0.25) is 0 Å². The molecule has 5 rings (SSSR count). The van der Waals surface area contributed by atoms with Crippen molar-refractivity contribution in [2.24, 2.45) is 0 Å². The Morgan fingerprint density at radius 2 is 1.89 bits per heavy atom. The number of rotatable bonds is 5. The Morgan fingerprint density at radius 1 is 1.07 bits per heavy atom. The van der Waals surface area contributed by atoms with E-state index in [1.807, 2.05) is 10.9 Å². The number of anilines is 1. The van der Waals surface area contributed by atoms with Crippen LogP contribution >= 0.6 is 0 Å². The van der Waals surface area contributed by atoms with Crippen LogP contribution < -0.4 is 5.32 Å². The lowest BCUT2D eigenvalue weighted by Crippen LogP contribution is -2.09. The molecule has 1 aliphatic rings. The van der Waals surface area contributed by atoms with Gasteiger partial charge in [-0.3, -0.25) is 0 Å². The third-order valence-electron chi connectivity index (χ3n) is 5.31. The molecule has 2 aromatic carbocycles. The monoisotopic (exact) mass is 370 g/mol. The van der Waals surface area contributed by atoms with Crippen molar-refractivity contribution in [3.63, 3.8) is 0 Å². The Bertz CT molecular complexity index is 1130. The van der Waals surface area contributed by atoms with Gasteiger partial charge in [0, 0.05) is 17.3 Å². The number of nitrogens with zero attached hydrogens (tertiary/aromatic N) is 5. The van der Waals surface area contributed by atoms with Crippen molar-refractivity contribution in [1.82, 2.24) is 25.0 Å². The number of aryl methyl sites for hydroxylation is 1. The summed E-state index contributed by atoms with van der Waals surface area (Å²) in [5.41, 5.74) is 5.46. The van der Waals surface area contributed by atoms with Gasteiger partial charge < -0.3 is 5.32 Å². The minimum Gasteiger partial charge on any atom is -0.363 e. The van der Waals surface area contributed by atoms with Crippen molar-refractivity contribution >= 4 is 16.7 Å². The molecular formula is C22H22N6. The molecule has 28 heavy (non-hydrogen) atoms. The molecule has 6 heteroatoms. The van der Waals surface area contributed by atoms with Crippen molar-refractivity contribution in [1.29, 1.82) is 0 Å². The number of aromatic nitrogens is 5.